The highest BCUT2D eigenvalue weighted by Crippen LogP contribution is 2.23. The Labute approximate surface area is 115 Å². The number of unbranched alkanes of at least 4 members (excludes halogenated alkanes) is 1. The number of hydrogen-bond donors (Lipinski definition) is 0. The Morgan fingerprint density at radius 1 is 1.22 bits per heavy atom. The van der Waals surface area contributed by atoms with Gasteiger partial charge in [0, 0.05) is 18.6 Å². The van der Waals surface area contributed by atoms with Gasteiger partial charge in [-0.15, -0.1) is 10.2 Å². The van der Waals surface area contributed by atoms with E-state index in [4.69, 9.17) is 16.3 Å². The van der Waals surface area contributed by atoms with E-state index in [1.165, 1.54) is 0 Å². The third-order valence-electron chi connectivity index (χ3n) is 2.60. The van der Waals surface area contributed by atoms with Crippen LogP contribution < -0.4 is 0 Å². The van der Waals surface area contributed by atoms with Crippen molar-refractivity contribution in [3.63, 3.8) is 0 Å². The predicted molar refractivity (Wildman–Crippen MR) is 74.1 cm³/mol. The van der Waals surface area contributed by atoms with Gasteiger partial charge in [0.05, 0.1) is 6.10 Å². The second-order valence-electron chi connectivity index (χ2n) is 5.82. The van der Waals surface area contributed by atoms with Crippen LogP contribution in [0.3, 0.4) is 0 Å². The van der Waals surface area contributed by atoms with Crippen LogP contribution in [-0.4, -0.2) is 27.5 Å². The standard InChI is InChI=1S/C13H24ClN3O/c1-10(2)18-9-7-6-8-17-11(13(3,4)5)15-16-12(17)14/h10H,6-9H2,1-5H3. The summed E-state index contributed by atoms with van der Waals surface area (Å²) in [5, 5.41) is 8.60. The molecule has 1 aromatic rings. The summed E-state index contributed by atoms with van der Waals surface area (Å²) < 4.78 is 7.51. The first-order chi connectivity index (χ1) is 8.32. The van der Waals surface area contributed by atoms with Crippen molar-refractivity contribution in [1.29, 1.82) is 0 Å². The average molecular weight is 274 g/mol. The molecule has 0 amide bonds. The van der Waals surface area contributed by atoms with Crippen molar-refractivity contribution >= 4 is 11.6 Å². The van der Waals surface area contributed by atoms with Crippen molar-refractivity contribution in [1.82, 2.24) is 14.8 Å². The molecule has 0 radical (unpaired) electrons. The Morgan fingerprint density at radius 2 is 1.89 bits per heavy atom. The number of hydrogen-bond acceptors (Lipinski definition) is 3. The molecule has 1 aromatic heterocycles. The van der Waals surface area contributed by atoms with E-state index in [0.717, 1.165) is 31.8 Å². The zero-order valence-electron chi connectivity index (χ0n) is 12.0. The van der Waals surface area contributed by atoms with Gasteiger partial charge < -0.3 is 9.30 Å². The highest BCUT2D eigenvalue weighted by Gasteiger charge is 2.22. The molecule has 0 saturated heterocycles. The van der Waals surface area contributed by atoms with Crippen LogP contribution in [0.25, 0.3) is 0 Å². The van der Waals surface area contributed by atoms with Crippen LogP contribution in [0.1, 0.15) is 53.3 Å². The Balaban J connectivity index is 2.49. The molecule has 0 bridgehead atoms. The fourth-order valence-corrected chi connectivity index (χ4v) is 1.93. The van der Waals surface area contributed by atoms with Gasteiger partial charge in [-0.2, -0.15) is 0 Å². The van der Waals surface area contributed by atoms with Crippen molar-refractivity contribution in [3.05, 3.63) is 11.1 Å². The summed E-state index contributed by atoms with van der Waals surface area (Å²) in [6.45, 7) is 12.1. The largest absolute Gasteiger partial charge is 0.379 e. The van der Waals surface area contributed by atoms with Crippen molar-refractivity contribution < 1.29 is 4.74 Å². The van der Waals surface area contributed by atoms with Crippen LogP contribution in [0.2, 0.25) is 5.28 Å². The maximum absolute atomic E-state index is 6.07. The number of halogens is 1. The Kier molecular flexibility index (Phi) is 5.60. The van der Waals surface area contributed by atoms with Gasteiger partial charge in [-0.25, -0.2) is 0 Å². The molecule has 18 heavy (non-hydrogen) atoms. The zero-order chi connectivity index (χ0) is 13.8. The first kappa shape index (κ1) is 15.4. The molecule has 0 aliphatic rings. The van der Waals surface area contributed by atoms with E-state index in [0.29, 0.717) is 11.4 Å². The van der Waals surface area contributed by atoms with Crippen LogP contribution >= 0.6 is 11.6 Å². The minimum atomic E-state index is -0.0332. The number of aromatic nitrogens is 3. The van der Waals surface area contributed by atoms with Crippen LogP contribution in [0.4, 0.5) is 0 Å². The third kappa shape index (κ3) is 4.58. The summed E-state index contributed by atoms with van der Waals surface area (Å²) in [7, 11) is 0. The zero-order valence-corrected chi connectivity index (χ0v) is 12.8. The molecule has 0 aliphatic carbocycles. The molecule has 0 N–H and O–H groups in total. The van der Waals surface area contributed by atoms with Crippen molar-refractivity contribution in [2.75, 3.05) is 6.61 Å². The lowest BCUT2D eigenvalue weighted by Gasteiger charge is -2.19. The van der Waals surface area contributed by atoms with Gasteiger partial charge in [-0.3, -0.25) is 0 Å². The minimum Gasteiger partial charge on any atom is -0.379 e. The van der Waals surface area contributed by atoms with Crippen molar-refractivity contribution in [2.24, 2.45) is 0 Å². The van der Waals surface area contributed by atoms with E-state index in [-0.39, 0.29) is 5.41 Å². The summed E-state index contributed by atoms with van der Waals surface area (Å²) in [6.07, 6.45) is 2.35. The fraction of sp³-hybridized carbons (Fsp3) is 0.846. The molecule has 4 nitrogen and oxygen atoms in total. The van der Waals surface area contributed by atoms with Crippen LogP contribution in [0, 0.1) is 0 Å². The molecule has 1 heterocycles. The lowest BCUT2D eigenvalue weighted by atomic mass is 9.95. The fourth-order valence-electron chi connectivity index (χ4n) is 1.73. The highest BCUT2D eigenvalue weighted by molar-refractivity contribution is 6.28. The summed E-state index contributed by atoms with van der Waals surface area (Å²) in [6, 6.07) is 0. The first-order valence-corrected chi connectivity index (χ1v) is 6.91. The van der Waals surface area contributed by atoms with Gasteiger partial charge in [0.15, 0.2) is 0 Å². The third-order valence-corrected chi connectivity index (χ3v) is 2.88. The van der Waals surface area contributed by atoms with Gasteiger partial charge in [-0.1, -0.05) is 20.8 Å². The SMILES string of the molecule is CC(C)OCCCCn1c(Cl)nnc1C(C)(C)C. The summed E-state index contributed by atoms with van der Waals surface area (Å²) in [5.41, 5.74) is -0.0332. The van der Waals surface area contributed by atoms with E-state index < -0.39 is 0 Å². The Hall–Kier alpha value is -0.610. The molecule has 0 aromatic carbocycles. The van der Waals surface area contributed by atoms with Gasteiger partial charge in [0.1, 0.15) is 5.82 Å². The molecule has 0 atom stereocenters. The number of rotatable bonds is 6. The topological polar surface area (TPSA) is 39.9 Å². The highest BCUT2D eigenvalue weighted by atomic mass is 35.5. The lowest BCUT2D eigenvalue weighted by Crippen LogP contribution is -2.19. The Bertz CT molecular complexity index is 369. The normalized spacial score (nSPS) is 12.4. The maximum Gasteiger partial charge on any atom is 0.225 e. The van der Waals surface area contributed by atoms with E-state index >= 15 is 0 Å². The monoisotopic (exact) mass is 273 g/mol. The molecule has 0 saturated carbocycles. The first-order valence-electron chi connectivity index (χ1n) is 6.53. The lowest BCUT2D eigenvalue weighted by molar-refractivity contribution is 0.0754. The smallest absolute Gasteiger partial charge is 0.225 e. The van der Waals surface area contributed by atoms with Gasteiger partial charge in [-0.05, 0) is 38.3 Å². The summed E-state index contributed by atoms with van der Waals surface area (Å²) >= 11 is 6.07. The Morgan fingerprint density at radius 3 is 2.44 bits per heavy atom. The van der Waals surface area contributed by atoms with Crippen LogP contribution in [-0.2, 0) is 16.7 Å². The van der Waals surface area contributed by atoms with Crippen LogP contribution in [0.5, 0.6) is 0 Å². The number of nitrogens with zero attached hydrogens (tertiary/aromatic N) is 3. The minimum absolute atomic E-state index is 0.0332. The second kappa shape index (κ2) is 6.53. The molecule has 0 fully saturated rings. The molecule has 5 heteroatoms. The summed E-state index contributed by atoms with van der Waals surface area (Å²) in [5.74, 6) is 0.942. The molecule has 104 valence electrons. The van der Waals surface area contributed by atoms with Gasteiger partial charge in [0.25, 0.3) is 0 Å². The van der Waals surface area contributed by atoms with E-state index in [1.54, 1.807) is 0 Å². The molecule has 1 rings (SSSR count). The van der Waals surface area contributed by atoms with Crippen LogP contribution in [0.15, 0.2) is 0 Å². The van der Waals surface area contributed by atoms with Gasteiger partial charge >= 0.3 is 0 Å². The number of ether oxygens (including phenoxy) is 1. The van der Waals surface area contributed by atoms with Crippen molar-refractivity contribution in [3.8, 4) is 0 Å². The molecule has 0 spiro atoms. The van der Waals surface area contributed by atoms with E-state index in [1.807, 2.05) is 18.4 Å². The second-order valence-corrected chi connectivity index (χ2v) is 6.16. The average Bonchev–Trinajstić information content (AvgIpc) is 2.59. The summed E-state index contributed by atoms with van der Waals surface area (Å²) in [4.78, 5) is 0. The maximum atomic E-state index is 6.07. The quantitative estimate of drug-likeness (QED) is 0.746. The van der Waals surface area contributed by atoms with Gasteiger partial charge in [0.2, 0.25) is 5.28 Å². The molecular formula is C13H24ClN3O. The molecule has 0 aliphatic heterocycles. The van der Waals surface area contributed by atoms with Crippen molar-refractivity contribution in [2.45, 2.75) is 65.5 Å². The van der Waals surface area contributed by atoms with E-state index in [9.17, 15) is 0 Å². The molecule has 0 unspecified atom stereocenters. The van der Waals surface area contributed by atoms with E-state index in [2.05, 4.69) is 31.0 Å². The predicted octanol–water partition coefficient (Wildman–Crippen LogP) is 3.43. The molecular weight excluding hydrogens is 250 g/mol.